The number of hydrogen-bond acceptors (Lipinski definition) is 4. The van der Waals surface area contributed by atoms with Crippen LogP contribution in [0.1, 0.15) is 21.5 Å². The molecule has 0 spiro atoms. The van der Waals surface area contributed by atoms with Gasteiger partial charge in [-0.25, -0.2) is 4.79 Å². The number of carbonyl (C=O) groups excluding carboxylic acids is 2. The second-order valence-corrected chi connectivity index (χ2v) is 5.68. The number of methoxy groups -OCH3 is 1. The molecule has 24 heavy (non-hydrogen) atoms. The molecule has 2 aromatic carbocycles. The summed E-state index contributed by atoms with van der Waals surface area (Å²) in [6.45, 7) is 3.81. The fourth-order valence-corrected chi connectivity index (χ4v) is 2.17. The first kappa shape index (κ1) is 17.8. The summed E-state index contributed by atoms with van der Waals surface area (Å²) in [7, 11) is 1.28. The van der Waals surface area contributed by atoms with Gasteiger partial charge in [-0.05, 0) is 55.3 Å². The maximum absolute atomic E-state index is 12.0. The normalized spacial score (nSPS) is 10.2. The van der Waals surface area contributed by atoms with E-state index in [0.717, 1.165) is 11.1 Å². The smallest absolute Gasteiger partial charge is 0.337 e. The Hall–Kier alpha value is -2.53. The number of rotatable bonds is 5. The number of ether oxygens (including phenoxy) is 2. The lowest BCUT2D eigenvalue weighted by Gasteiger charge is -2.11. The van der Waals surface area contributed by atoms with Crippen LogP contribution in [0.15, 0.2) is 36.4 Å². The zero-order valence-electron chi connectivity index (χ0n) is 13.7. The fraction of sp³-hybridized carbons (Fsp3) is 0.222. The van der Waals surface area contributed by atoms with Gasteiger partial charge in [0.1, 0.15) is 5.75 Å². The molecule has 1 N–H and O–H groups in total. The van der Waals surface area contributed by atoms with Gasteiger partial charge in [-0.15, -0.1) is 0 Å². The SMILES string of the molecule is COC(=O)c1ccc(Cl)c(NC(=O)COc2ccc(C)c(C)c2)c1. The number of hydrogen-bond donors (Lipinski definition) is 1. The predicted molar refractivity (Wildman–Crippen MR) is 92.8 cm³/mol. The number of amides is 1. The van der Waals surface area contributed by atoms with Crippen LogP contribution in [0.4, 0.5) is 5.69 Å². The minimum atomic E-state index is -0.506. The molecule has 0 saturated carbocycles. The molecule has 0 aliphatic carbocycles. The average molecular weight is 348 g/mol. The number of esters is 1. The molecule has 2 aromatic rings. The molecule has 0 saturated heterocycles. The van der Waals surface area contributed by atoms with Crippen LogP contribution in [0.2, 0.25) is 5.02 Å². The Balaban J connectivity index is 2.01. The lowest BCUT2D eigenvalue weighted by atomic mass is 10.1. The van der Waals surface area contributed by atoms with Crippen LogP contribution in [-0.4, -0.2) is 25.6 Å². The van der Waals surface area contributed by atoms with Crippen LogP contribution in [0.25, 0.3) is 0 Å². The summed E-state index contributed by atoms with van der Waals surface area (Å²) >= 11 is 6.04. The number of aryl methyl sites for hydroxylation is 2. The molecule has 2 rings (SSSR count). The van der Waals surface area contributed by atoms with E-state index in [9.17, 15) is 9.59 Å². The molecule has 0 radical (unpaired) electrons. The van der Waals surface area contributed by atoms with E-state index in [4.69, 9.17) is 16.3 Å². The molecule has 5 nitrogen and oxygen atoms in total. The summed E-state index contributed by atoms with van der Waals surface area (Å²) < 4.78 is 10.1. The van der Waals surface area contributed by atoms with Crippen molar-refractivity contribution in [1.29, 1.82) is 0 Å². The molecule has 0 aromatic heterocycles. The van der Waals surface area contributed by atoms with E-state index in [-0.39, 0.29) is 12.5 Å². The molecular formula is C18H18ClNO4. The largest absolute Gasteiger partial charge is 0.484 e. The number of anilines is 1. The number of halogens is 1. The highest BCUT2D eigenvalue weighted by atomic mass is 35.5. The third-order valence-corrected chi connectivity index (χ3v) is 3.84. The molecule has 0 aliphatic rings. The van der Waals surface area contributed by atoms with E-state index in [1.165, 1.54) is 25.3 Å². The lowest BCUT2D eigenvalue weighted by molar-refractivity contribution is -0.118. The van der Waals surface area contributed by atoms with Crippen molar-refractivity contribution >= 4 is 29.2 Å². The Kier molecular flexibility index (Phi) is 5.82. The zero-order chi connectivity index (χ0) is 17.7. The summed E-state index contributed by atoms with van der Waals surface area (Å²) in [5, 5.41) is 2.94. The third kappa shape index (κ3) is 4.49. The molecule has 6 heteroatoms. The Labute approximate surface area is 145 Å². The van der Waals surface area contributed by atoms with Crippen molar-refractivity contribution in [2.75, 3.05) is 19.0 Å². The van der Waals surface area contributed by atoms with E-state index in [2.05, 4.69) is 10.1 Å². The zero-order valence-corrected chi connectivity index (χ0v) is 14.4. The van der Waals surface area contributed by atoms with Crippen LogP contribution in [-0.2, 0) is 9.53 Å². The standard InChI is InChI=1S/C18H18ClNO4/c1-11-4-6-14(8-12(11)2)24-10-17(21)20-16-9-13(18(22)23-3)5-7-15(16)19/h4-9H,10H2,1-3H3,(H,20,21). The molecule has 1 amide bonds. The molecule has 0 atom stereocenters. The van der Waals surface area contributed by atoms with Crippen LogP contribution < -0.4 is 10.1 Å². The van der Waals surface area contributed by atoms with Gasteiger partial charge in [0.25, 0.3) is 5.91 Å². The Bertz CT molecular complexity index is 774. The van der Waals surface area contributed by atoms with E-state index >= 15 is 0 Å². The highest BCUT2D eigenvalue weighted by Gasteiger charge is 2.12. The van der Waals surface area contributed by atoms with Gasteiger partial charge < -0.3 is 14.8 Å². The van der Waals surface area contributed by atoms with Gasteiger partial charge in [0.2, 0.25) is 0 Å². The number of benzene rings is 2. The van der Waals surface area contributed by atoms with Crippen LogP contribution in [0.5, 0.6) is 5.75 Å². The first-order valence-corrected chi connectivity index (χ1v) is 7.66. The molecule has 0 bridgehead atoms. The van der Waals surface area contributed by atoms with E-state index in [0.29, 0.717) is 22.0 Å². The Morgan fingerprint density at radius 3 is 2.50 bits per heavy atom. The first-order chi connectivity index (χ1) is 11.4. The van der Waals surface area contributed by atoms with Gasteiger partial charge in [0.15, 0.2) is 6.61 Å². The Morgan fingerprint density at radius 2 is 1.83 bits per heavy atom. The molecule has 0 unspecified atom stereocenters. The highest BCUT2D eigenvalue weighted by molar-refractivity contribution is 6.33. The average Bonchev–Trinajstić information content (AvgIpc) is 2.57. The molecular weight excluding hydrogens is 330 g/mol. The predicted octanol–water partition coefficient (Wildman–Crippen LogP) is 3.76. The quantitative estimate of drug-likeness (QED) is 0.836. The minimum absolute atomic E-state index is 0.165. The summed E-state index contributed by atoms with van der Waals surface area (Å²) in [6, 6.07) is 10.1. The third-order valence-electron chi connectivity index (χ3n) is 3.51. The van der Waals surface area contributed by atoms with Crippen LogP contribution in [0.3, 0.4) is 0 Å². The van der Waals surface area contributed by atoms with Crippen molar-refractivity contribution in [3.8, 4) is 5.75 Å². The van der Waals surface area contributed by atoms with Crippen molar-refractivity contribution in [2.45, 2.75) is 13.8 Å². The molecule has 126 valence electrons. The number of carbonyl (C=O) groups is 2. The van der Waals surface area contributed by atoms with Gasteiger partial charge in [-0.1, -0.05) is 17.7 Å². The van der Waals surface area contributed by atoms with E-state index < -0.39 is 5.97 Å². The van der Waals surface area contributed by atoms with Crippen molar-refractivity contribution < 1.29 is 19.1 Å². The van der Waals surface area contributed by atoms with Gasteiger partial charge >= 0.3 is 5.97 Å². The monoisotopic (exact) mass is 347 g/mol. The van der Waals surface area contributed by atoms with Gasteiger partial charge in [-0.2, -0.15) is 0 Å². The van der Waals surface area contributed by atoms with Crippen molar-refractivity contribution in [3.63, 3.8) is 0 Å². The van der Waals surface area contributed by atoms with E-state index in [1.54, 1.807) is 6.07 Å². The van der Waals surface area contributed by atoms with E-state index in [1.807, 2.05) is 26.0 Å². The summed E-state index contributed by atoms with van der Waals surface area (Å²) in [5.74, 6) is -0.270. The topological polar surface area (TPSA) is 64.6 Å². The lowest BCUT2D eigenvalue weighted by Crippen LogP contribution is -2.20. The second kappa shape index (κ2) is 7.84. The molecule has 0 heterocycles. The minimum Gasteiger partial charge on any atom is -0.484 e. The maximum atomic E-state index is 12.0. The Morgan fingerprint density at radius 1 is 1.08 bits per heavy atom. The molecule has 0 aliphatic heterocycles. The van der Waals surface area contributed by atoms with Gasteiger partial charge in [0, 0.05) is 0 Å². The van der Waals surface area contributed by atoms with Gasteiger partial charge in [0.05, 0.1) is 23.4 Å². The van der Waals surface area contributed by atoms with Gasteiger partial charge in [-0.3, -0.25) is 4.79 Å². The second-order valence-electron chi connectivity index (χ2n) is 5.27. The summed E-state index contributed by atoms with van der Waals surface area (Å²) in [6.07, 6.45) is 0. The van der Waals surface area contributed by atoms with Crippen molar-refractivity contribution in [3.05, 3.63) is 58.1 Å². The molecule has 0 fully saturated rings. The maximum Gasteiger partial charge on any atom is 0.337 e. The van der Waals surface area contributed by atoms with Crippen molar-refractivity contribution in [2.24, 2.45) is 0 Å². The van der Waals surface area contributed by atoms with Crippen molar-refractivity contribution in [1.82, 2.24) is 0 Å². The summed E-state index contributed by atoms with van der Waals surface area (Å²) in [5.41, 5.74) is 2.86. The van der Waals surface area contributed by atoms with Crippen LogP contribution >= 0.6 is 11.6 Å². The van der Waals surface area contributed by atoms with Crippen LogP contribution in [0, 0.1) is 13.8 Å². The fourth-order valence-electron chi connectivity index (χ4n) is 2.00. The first-order valence-electron chi connectivity index (χ1n) is 7.28. The highest BCUT2D eigenvalue weighted by Crippen LogP contribution is 2.23. The summed E-state index contributed by atoms with van der Waals surface area (Å²) in [4.78, 5) is 23.6. The number of nitrogens with one attached hydrogen (secondary N) is 1.